The van der Waals surface area contributed by atoms with Gasteiger partial charge in [0.25, 0.3) is 0 Å². The highest BCUT2D eigenvalue weighted by atomic mass is 16.5. The van der Waals surface area contributed by atoms with Crippen LogP contribution in [-0.2, 0) is 0 Å². The van der Waals surface area contributed by atoms with Gasteiger partial charge in [0.2, 0.25) is 0 Å². The molecule has 1 atom stereocenters. The molecule has 0 bridgehead atoms. The molecular formula is C18H18N2O. The first-order valence-electron chi connectivity index (χ1n) is 7.21. The van der Waals surface area contributed by atoms with Crippen LogP contribution in [0.15, 0.2) is 48.5 Å². The summed E-state index contributed by atoms with van der Waals surface area (Å²) < 4.78 is 5.72. The van der Waals surface area contributed by atoms with E-state index in [0.29, 0.717) is 11.5 Å². The molecule has 0 aromatic heterocycles. The van der Waals surface area contributed by atoms with E-state index in [1.807, 2.05) is 36.4 Å². The predicted octanol–water partition coefficient (Wildman–Crippen LogP) is 3.56. The van der Waals surface area contributed by atoms with Crippen LogP contribution in [0.25, 0.3) is 0 Å². The normalized spacial score (nSPS) is 16.5. The molecule has 0 fully saturated rings. The molecule has 2 aromatic rings. The Hall–Kier alpha value is -2.47. The van der Waals surface area contributed by atoms with Crippen LogP contribution in [0.1, 0.15) is 23.5 Å². The third kappa shape index (κ3) is 2.85. The Kier molecular flexibility index (Phi) is 3.79. The fourth-order valence-electron chi connectivity index (χ4n) is 2.85. The van der Waals surface area contributed by atoms with Gasteiger partial charge in [-0.3, -0.25) is 0 Å². The lowest BCUT2D eigenvalue weighted by atomic mass is 9.92. The third-order valence-electron chi connectivity index (χ3n) is 3.99. The van der Waals surface area contributed by atoms with Crippen LogP contribution in [0.3, 0.4) is 0 Å². The largest absolute Gasteiger partial charge is 0.493 e. The van der Waals surface area contributed by atoms with Crippen LogP contribution in [0.5, 0.6) is 5.75 Å². The number of anilines is 1. The smallest absolute Gasteiger partial charge is 0.122 e. The summed E-state index contributed by atoms with van der Waals surface area (Å²) in [6, 6.07) is 18.2. The zero-order valence-electron chi connectivity index (χ0n) is 12.1. The lowest BCUT2D eigenvalue weighted by Gasteiger charge is -2.30. The van der Waals surface area contributed by atoms with Crippen molar-refractivity contribution in [3.63, 3.8) is 0 Å². The van der Waals surface area contributed by atoms with Crippen molar-refractivity contribution in [1.29, 1.82) is 5.26 Å². The van der Waals surface area contributed by atoms with E-state index in [-0.39, 0.29) is 0 Å². The lowest BCUT2D eigenvalue weighted by molar-refractivity contribution is 0.268. The Morgan fingerprint density at radius 3 is 2.95 bits per heavy atom. The number of benzene rings is 2. The van der Waals surface area contributed by atoms with E-state index in [9.17, 15) is 0 Å². The van der Waals surface area contributed by atoms with Crippen molar-refractivity contribution in [3.8, 4) is 11.8 Å². The minimum Gasteiger partial charge on any atom is -0.493 e. The topological polar surface area (TPSA) is 36.3 Å². The molecule has 0 aliphatic carbocycles. The maximum absolute atomic E-state index is 9.01. The van der Waals surface area contributed by atoms with Gasteiger partial charge in [0.1, 0.15) is 5.75 Å². The average Bonchev–Trinajstić information content (AvgIpc) is 2.55. The van der Waals surface area contributed by atoms with Gasteiger partial charge >= 0.3 is 0 Å². The second-order valence-corrected chi connectivity index (χ2v) is 5.41. The number of likely N-dealkylation sites (N-methyl/N-ethyl adjacent to an activating group) is 1. The number of nitriles is 1. The Balaban J connectivity index is 1.79. The van der Waals surface area contributed by atoms with Gasteiger partial charge in [0.05, 0.1) is 18.2 Å². The van der Waals surface area contributed by atoms with Crippen molar-refractivity contribution in [2.45, 2.75) is 12.3 Å². The van der Waals surface area contributed by atoms with Crippen molar-refractivity contribution < 1.29 is 4.74 Å². The minimum absolute atomic E-state index is 0.464. The average molecular weight is 278 g/mol. The van der Waals surface area contributed by atoms with Gasteiger partial charge in [-0.1, -0.05) is 24.3 Å². The van der Waals surface area contributed by atoms with Crippen molar-refractivity contribution in [2.24, 2.45) is 0 Å². The first-order chi connectivity index (χ1) is 10.3. The number of ether oxygens (including phenoxy) is 1. The summed E-state index contributed by atoms with van der Waals surface area (Å²) in [6.45, 7) is 1.70. The summed E-state index contributed by atoms with van der Waals surface area (Å²) >= 11 is 0. The highest BCUT2D eigenvalue weighted by Gasteiger charge is 2.22. The van der Waals surface area contributed by atoms with Gasteiger partial charge in [-0.05, 0) is 36.2 Å². The summed E-state index contributed by atoms with van der Waals surface area (Å²) in [4.78, 5) is 2.22. The molecule has 1 aliphatic heterocycles. The van der Waals surface area contributed by atoms with Crippen molar-refractivity contribution in [3.05, 3.63) is 59.7 Å². The molecule has 21 heavy (non-hydrogen) atoms. The maximum atomic E-state index is 9.01. The second kappa shape index (κ2) is 5.88. The minimum atomic E-state index is 0.464. The van der Waals surface area contributed by atoms with Crippen molar-refractivity contribution in [2.75, 3.05) is 25.1 Å². The molecule has 1 unspecified atom stereocenters. The molecule has 0 radical (unpaired) electrons. The monoisotopic (exact) mass is 278 g/mol. The Labute approximate surface area is 125 Å². The van der Waals surface area contributed by atoms with Gasteiger partial charge in [-0.2, -0.15) is 5.26 Å². The number of para-hydroxylation sites is 1. The third-order valence-corrected chi connectivity index (χ3v) is 3.99. The van der Waals surface area contributed by atoms with Crippen LogP contribution in [0.2, 0.25) is 0 Å². The first-order valence-corrected chi connectivity index (χ1v) is 7.21. The van der Waals surface area contributed by atoms with E-state index < -0.39 is 0 Å². The van der Waals surface area contributed by atoms with Crippen LogP contribution in [0, 0.1) is 11.3 Å². The molecule has 0 amide bonds. The lowest BCUT2D eigenvalue weighted by Crippen LogP contribution is -2.27. The molecule has 106 valence electrons. The molecule has 2 aromatic carbocycles. The van der Waals surface area contributed by atoms with Gasteiger partial charge in [-0.15, -0.1) is 0 Å². The van der Waals surface area contributed by atoms with Gasteiger partial charge in [0.15, 0.2) is 0 Å². The zero-order valence-corrected chi connectivity index (χ0v) is 12.1. The number of rotatable bonds is 3. The number of fused-ring (bicyclic) bond motifs is 1. The fourth-order valence-corrected chi connectivity index (χ4v) is 2.85. The van der Waals surface area contributed by atoms with Crippen LogP contribution < -0.4 is 9.64 Å². The van der Waals surface area contributed by atoms with E-state index in [2.05, 4.69) is 30.1 Å². The van der Waals surface area contributed by atoms with Gasteiger partial charge < -0.3 is 9.64 Å². The highest BCUT2D eigenvalue weighted by molar-refractivity contribution is 5.51. The van der Waals surface area contributed by atoms with Crippen LogP contribution in [-0.4, -0.2) is 20.2 Å². The van der Waals surface area contributed by atoms with E-state index in [1.165, 1.54) is 5.56 Å². The number of nitrogens with zero attached hydrogens (tertiary/aromatic N) is 2. The predicted molar refractivity (Wildman–Crippen MR) is 83.7 cm³/mol. The van der Waals surface area contributed by atoms with E-state index in [4.69, 9.17) is 10.00 Å². The molecule has 1 aliphatic rings. The molecule has 3 heteroatoms. The van der Waals surface area contributed by atoms with Crippen LogP contribution in [0.4, 0.5) is 5.69 Å². The molecule has 0 saturated heterocycles. The molecule has 3 rings (SSSR count). The number of hydrogen-bond acceptors (Lipinski definition) is 3. The Morgan fingerprint density at radius 2 is 2.10 bits per heavy atom. The first kappa shape index (κ1) is 13.5. The fraction of sp³-hybridized carbons (Fsp3) is 0.278. The van der Waals surface area contributed by atoms with Gasteiger partial charge in [0, 0.05) is 25.2 Å². The Morgan fingerprint density at radius 1 is 1.24 bits per heavy atom. The second-order valence-electron chi connectivity index (χ2n) is 5.41. The highest BCUT2D eigenvalue weighted by Crippen LogP contribution is 2.34. The molecule has 0 spiro atoms. The molecule has 0 saturated carbocycles. The van der Waals surface area contributed by atoms with Crippen molar-refractivity contribution in [1.82, 2.24) is 0 Å². The molecule has 0 N–H and O–H groups in total. The summed E-state index contributed by atoms with van der Waals surface area (Å²) in [6.07, 6.45) is 1.03. The standard InChI is InChI=1S/C18H18N2O/c1-20(16-6-4-5-14(11-16)12-19)13-15-9-10-21-18-8-3-2-7-17(15)18/h2-8,11,15H,9-10,13H2,1H3. The summed E-state index contributed by atoms with van der Waals surface area (Å²) in [5.74, 6) is 1.47. The summed E-state index contributed by atoms with van der Waals surface area (Å²) in [5, 5.41) is 9.01. The summed E-state index contributed by atoms with van der Waals surface area (Å²) in [7, 11) is 2.08. The molecular weight excluding hydrogens is 260 g/mol. The Bertz CT molecular complexity index is 675. The molecule has 3 nitrogen and oxygen atoms in total. The molecule has 1 heterocycles. The number of hydrogen-bond donors (Lipinski definition) is 0. The van der Waals surface area contributed by atoms with E-state index >= 15 is 0 Å². The van der Waals surface area contributed by atoms with Crippen molar-refractivity contribution >= 4 is 5.69 Å². The quantitative estimate of drug-likeness (QED) is 0.861. The van der Waals surface area contributed by atoms with E-state index in [1.54, 1.807) is 0 Å². The van der Waals surface area contributed by atoms with Gasteiger partial charge in [-0.25, -0.2) is 0 Å². The zero-order chi connectivity index (χ0) is 14.7. The van der Waals surface area contributed by atoms with E-state index in [0.717, 1.165) is 31.0 Å². The SMILES string of the molecule is CN(CC1CCOc2ccccc21)c1cccc(C#N)c1. The maximum Gasteiger partial charge on any atom is 0.122 e. The summed E-state index contributed by atoms with van der Waals surface area (Å²) in [5.41, 5.74) is 3.07. The van der Waals surface area contributed by atoms with Crippen LogP contribution >= 0.6 is 0 Å².